The molecule has 1 aromatic carbocycles. The molecule has 1 aliphatic rings. The topological polar surface area (TPSA) is 26.0 Å². The van der Waals surface area contributed by atoms with E-state index in [0.29, 0.717) is 20.7 Å². The maximum absolute atomic E-state index is 13.2. The van der Waals surface area contributed by atoms with Crippen LogP contribution in [0.5, 0.6) is 0 Å². The molecule has 0 spiro atoms. The summed E-state index contributed by atoms with van der Waals surface area (Å²) in [6.07, 6.45) is -2.53. The molecular formula is C15H13Cl3F3N. The van der Waals surface area contributed by atoms with Crippen molar-refractivity contribution in [2.75, 3.05) is 6.54 Å². The fourth-order valence-electron chi connectivity index (χ4n) is 2.40. The van der Waals surface area contributed by atoms with Crippen LogP contribution in [0.15, 0.2) is 39.4 Å². The Kier molecular flexibility index (Phi) is 5.49. The van der Waals surface area contributed by atoms with E-state index in [1.807, 2.05) is 0 Å². The lowest BCUT2D eigenvalue weighted by atomic mass is 9.89. The summed E-state index contributed by atoms with van der Waals surface area (Å²) in [6, 6.07) is 4.20. The van der Waals surface area contributed by atoms with E-state index < -0.39 is 17.7 Å². The Bertz CT molecular complexity index is 635. The quantitative estimate of drug-likeness (QED) is 0.746. The molecule has 1 atom stereocenters. The Morgan fingerprint density at radius 2 is 1.86 bits per heavy atom. The number of rotatable bonds is 3. The van der Waals surface area contributed by atoms with Crippen LogP contribution in [0.4, 0.5) is 13.2 Å². The van der Waals surface area contributed by atoms with Crippen LogP contribution in [0, 0.1) is 0 Å². The molecule has 0 aromatic heterocycles. The molecule has 1 aliphatic carbocycles. The molecule has 0 fully saturated rings. The molecule has 0 saturated heterocycles. The SMILES string of the molecule is NCCc1ccc(C2CC(Cl)=C(Cl)C=C2Cl)cc1C(F)(F)F. The molecule has 1 aromatic rings. The summed E-state index contributed by atoms with van der Waals surface area (Å²) in [7, 11) is 0. The van der Waals surface area contributed by atoms with Crippen molar-refractivity contribution in [1.29, 1.82) is 0 Å². The highest BCUT2D eigenvalue weighted by Crippen LogP contribution is 2.43. The van der Waals surface area contributed by atoms with Crippen molar-refractivity contribution >= 4 is 34.8 Å². The lowest BCUT2D eigenvalue weighted by Crippen LogP contribution is -2.14. The number of alkyl halides is 3. The van der Waals surface area contributed by atoms with Gasteiger partial charge in [0.05, 0.1) is 10.6 Å². The highest BCUT2D eigenvalue weighted by molar-refractivity contribution is 6.42. The van der Waals surface area contributed by atoms with E-state index in [1.165, 1.54) is 12.1 Å². The van der Waals surface area contributed by atoms with Gasteiger partial charge < -0.3 is 5.73 Å². The van der Waals surface area contributed by atoms with Crippen molar-refractivity contribution < 1.29 is 13.2 Å². The summed E-state index contributed by atoms with van der Waals surface area (Å²) in [4.78, 5) is 0. The van der Waals surface area contributed by atoms with Crippen molar-refractivity contribution in [3.63, 3.8) is 0 Å². The Balaban J connectivity index is 2.44. The van der Waals surface area contributed by atoms with Gasteiger partial charge in [0.25, 0.3) is 0 Å². The number of hydrogen-bond donors (Lipinski definition) is 1. The average molecular weight is 371 g/mol. The number of halogens is 6. The minimum Gasteiger partial charge on any atom is -0.330 e. The largest absolute Gasteiger partial charge is 0.416 e. The lowest BCUT2D eigenvalue weighted by molar-refractivity contribution is -0.138. The van der Waals surface area contributed by atoms with Crippen molar-refractivity contribution in [2.24, 2.45) is 5.73 Å². The smallest absolute Gasteiger partial charge is 0.330 e. The Morgan fingerprint density at radius 1 is 1.18 bits per heavy atom. The molecule has 0 bridgehead atoms. The van der Waals surface area contributed by atoms with E-state index in [-0.39, 0.29) is 24.9 Å². The highest BCUT2D eigenvalue weighted by atomic mass is 35.5. The third-order valence-electron chi connectivity index (χ3n) is 3.50. The van der Waals surface area contributed by atoms with Crippen LogP contribution in [0.1, 0.15) is 29.0 Å². The van der Waals surface area contributed by atoms with E-state index in [4.69, 9.17) is 40.5 Å². The van der Waals surface area contributed by atoms with Gasteiger partial charge in [-0.2, -0.15) is 13.2 Å². The van der Waals surface area contributed by atoms with Gasteiger partial charge in [-0.3, -0.25) is 0 Å². The molecule has 120 valence electrons. The Morgan fingerprint density at radius 3 is 2.45 bits per heavy atom. The van der Waals surface area contributed by atoms with Crippen molar-refractivity contribution in [3.05, 3.63) is 56.1 Å². The lowest BCUT2D eigenvalue weighted by Gasteiger charge is -2.23. The zero-order chi connectivity index (χ0) is 16.5. The van der Waals surface area contributed by atoms with Crippen LogP contribution in [0.2, 0.25) is 0 Å². The van der Waals surface area contributed by atoms with Gasteiger partial charge >= 0.3 is 6.18 Å². The van der Waals surface area contributed by atoms with Crippen LogP contribution >= 0.6 is 34.8 Å². The maximum atomic E-state index is 13.2. The summed E-state index contributed by atoms with van der Waals surface area (Å²) in [5.41, 5.74) is 5.32. The fraction of sp³-hybridized carbons (Fsp3) is 0.333. The minimum absolute atomic E-state index is 0.149. The van der Waals surface area contributed by atoms with E-state index in [0.717, 1.165) is 6.07 Å². The number of hydrogen-bond acceptors (Lipinski definition) is 1. The summed E-state index contributed by atoms with van der Waals surface area (Å²) in [5, 5.41) is 1.07. The third kappa shape index (κ3) is 3.80. The molecule has 2 N–H and O–H groups in total. The molecule has 7 heteroatoms. The van der Waals surface area contributed by atoms with Gasteiger partial charge in [-0.05, 0) is 42.7 Å². The molecule has 22 heavy (non-hydrogen) atoms. The predicted molar refractivity (Wildman–Crippen MR) is 84.2 cm³/mol. The summed E-state index contributed by atoms with van der Waals surface area (Å²) < 4.78 is 39.6. The van der Waals surface area contributed by atoms with Gasteiger partial charge in [0.15, 0.2) is 0 Å². The van der Waals surface area contributed by atoms with Gasteiger partial charge in [0, 0.05) is 16.0 Å². The summed E-state index contributed by atoms with van der Waals surface area (Å²) in [5.74, 6) is -0.426. The van der Waals surface area contributed by atoms with Gasteiger partial charge in [-0.15, -0.1) is 0 Å². The van der Waals surface area contributed by atoms with Crippen LogP contribution in [0.3, 0.4) is 0 Å². The van der Waals surface area contributed by atoms with Crippen LogP contribution in [-0.4, -0.2) is 6.54 Å². The predicted octanol–water partition coefficient (Wildman–Crippen LogP) is 5.51. The zero-order valence-electron chi connectivity index (χ0n) is 11.4. The normalized spacial score (nSPS) is 19.4. The Hall–Kier alpha value is -0.680. The standard InChI is InChI=1S/C15H13Cl3F3N/c16-12-7-14(18)13(17)6-10(12)9-2-1-8(3-4-22)11(5-9)15(19,20)21/h1-2,5,7,10H,3-4,6,22H2. The van der Waals surface area contributed by atoms with Gasteiger partial charge in [-0.25, -0.2) is 0 Å². The summed E-state index contributed by atoms with van der Waals surface area (Å²) in [6.45, 7) is 0.149. The van der Waals surface area contributed by atoms with E-state index in [1.54, 1.807) is 6.07 Å². The van der Waals surface area contributed by atoms with Crippen molar-refractivity contribution in [2.45, 2.75) is 24.9 Å². The van der Waals surface area contributed by atoms with Gasteiger partial charge in [0.2, 0.25) is 0 Å². The molecule has 0 saturated carbocycles. The number of nitrogens with two attached hydrogens (primary N) is 1. The number of benzene rings is 1. The first-order valence-corrected chi connectivity index (χ1v) is 7.68. The summed E-state index contributed by atoms with van der Waals surface area (Å²) >= 11 is 18.0. The second-order valence-electron chi connectivity index (χ2n) is 4.99. The molecule has 0 heterocycles. The van der Waals surface area contributed by atoms with Gasteiger partial charge in [-0.1, -0.05) is 46.9 Å². The first kappa shape index (κ1) is 17.7. The highest BCUT2D eigenvalue weighted by Gasteiger charge is 2.34. The molecule has 2 rings (SSSR count). The van der Waals surface area contributed by atoms with E-state index in [9.17, 15) is 13.2 Å². The molecular weight excluding hydrogens is 358 g/mol. The van der Waals surface area contributed by atoms with Crippen LogP contribution in [0.25, 0.3) is 0 Å². The van der Waals surface area contributed by atoms with E-state index >= 15 is 0 Å². The molecule has 1 nitrogen and oxygen atoms in total. The molecule has 0 radical (unpaired) electrons. The zero-order valence-corrected chi connectivity index (χ0v) is 13.6. The van der Waals surface area contributed by atoms with Crippen molar-refractivity contribution in [1.82, 2.24) is 0 Å². The van der Waals surface area contributed by atoms with Crippen LogP contribution < -0.4 is 5.73 Å². The molecule has 1 unspecified atom stereocenters. The van der Waals surface area contributed by atoms with Crippen molar-refractivity contribution in [3.8, 4) is 0 Å². The fourth-order valence-corrected chi connectivity index (χ4v) is 3.17. The maximum Gasteiger partial charge on any atom is 0.416 e. The number of allylic oxidation sites excluding steroid dienone is 4. The second-order valence-corrected chi connectivity index (χ2v) is 6.29. The van der Waals surface area contributed by atoms with E-state index in [2.05, 4.69) is 0 Å². The minimum atomic E-state index is -4.44. The monoisotopic (exact) mass is 369 g/mol. The van der Waals surface area contributed by atoms with Crippen LogP contribution in [-0.2, 0) is 12.6 Å². The van der Waals surface area contributed by atoms with Gasteiger partial charge in [0.1, 0.15) is 0 Å². The molecule has 0 amide bonds. The third-order valence-corrected chi connectivity index (χ3v) is 4.66. The molecule has 0 aliphatic heterocycles. The first-order valence-electron chi connectivity index (χ1n) is 6.55. The second kappa shape index (κ2) is 6.83. The average Bonchev–Trinajstić information content (AvgIpc) is 2.42. The Labute approximate surface area is 141 Å². The first-order chi connectivity index (χ1) is 10.2.